The zero-order valence-electron chi connectivity index (χ0n) is 13.9. The minimum absolute atomic E-state index is 0.0421. The number of H-pyrrole nitrogens is 1. The highest BCUT2D eigenvalue weighted by Gasteiger charge is 2.39. The van der Waals surface area contributed by atoms with Gasteiger partial charge >= 0.3 is 5.97 Å². The summed E-state index contributed by atoms with van der Waals surface area (Å²) in [6.07, 6.45) is 0. The quantitative estimate of drug-likeness (QED) is 0.617. The first-order valence-corrected chi connectivity index (χ1v) is 8.64. The third-order valence-electron chi connectivity index (χ3n) is 4.43. The Balaban J connectivity index is 1.89. The molecule has 2 heterocycles. The summed E-state index contributed by atoms with van der Waals surface area (Å²) < 4.78 is 6.13. The molecule has 1 aliphatic rings. The molecule has 2 N–H and O–H groups in total. The summed E-state index contributed by atoms with van der Waals surface area (Å²) in [5, 5.41) is 17.3. The fourth-order valence-electron chi connectivity index (χ4n) is 3.30. The van der Waals surface area contributed by atoms with Crippen LogP contribution in [0.3, 0.4) is 0 Å². The van der Waals surface area contributed by atoms with Crippen LogP contribution >= 0.6 is 23.2 Å². The van der Waals surface area contributed by atoms with Gasteiger partial charge in [0, 0.05) is 21.2 Å². The number of halogens is 2. The first-order chi connectivity index (χ1) is 12.3. The molecule has 1 aliphatic heterocycles. The van der Waals surface area contributed by atoms with Crippen LogP contribution in [0, 0.1) is 0 Å². The van der Waals surface area contributed by atoms with Crippen molar-refractivity contribution < 1.29 is 14.6 Å². The summed E-state index contributed by atoms with van der Waals surface area (Å²) >= 11 is 12.3. The van der Waals surface area contributed by atoms with Crippen LogP contribution in [0.15, 0.2) is 36.4 Å². The van der Waals surface area contributed by atoms with E-state index in [0.29, 0.717) is 27.1 Å². The number of aromatic nitrogens is 2. The van der Waals surface area contributed by atoms with E-state index in [1.54, 1.807) is 12.1 Å². The molecule has 0 saturated carbocycles. The van der Waals surface area contributed by atoms with Crippen LogP contribution in [0.1, 0.15) is 29.9 Å². The van der Waals surface area contributed by atoms with E-state index in [9.17, 15) is 9.90 Å². The zero-order valence-corrected chi connectivity index (χ0v) is 15.4. The summed E-state index contributed by atoms with van der Waals surface area (Å²) in [6, 6.07) is 10.9. The van der Waals surface area contributed by atoms with Crippen molar-refractivity contribution in [1.29, 1.82) is 0 Å². The summed E-state index contributed by atoms with van der Waals surface area (Å²) in [7, 11) is 0. The number of aromatic carboxylic acids is 1. The lowest BCUT2D eigenvalue weighted by Gasteiger charge is -2.32. The first-order valence-electron chi connectivity index (χ1n) is 7.89. The molecule has 0 amide bonds. The third-order valence-corrected chi connectivity index (χ3v) is 4.97. The molecule has 0 radical (unpaired) electrons. The average Bonchev–Trinajstić information content (AvgIpc) is 3.00. The Morgan fingerprint density at radius 2 is 1.88 bits per heavy atom. The number of carboxylic acid groups (broad SMARTS) is 1. The van der Waals surface area contributed by atoms with E-state index in [1.807, 2.05) is 38.1 Å². The molecular weight excluding hydrogens is 375 g/mol. The van der Waals surface area contributed by atoms with E-state index >= 15 is 0 Å². The molecule has 3 aromatic rings. The number of nitrogens with one attached hydrogen (secondary N) is 1. The second-order valence-corrected chi connectivity index (χ2v) is 7.42. The molecule has 132 valence electrons. The number of aromatic amines is 1. The highest BCUT2D eigenvalue weighted by molar-refractivity contribution is 6.36. The monoisotopic (exact) mass is 388 g/mol. The van der Waals surface area contributed by atoms with Gasteiger partial charge in [0.2, 0.25) is 0 Å². The molecular formula is C19H14Cl2N2O3. The average molecular weight is 389 g/mol. The second kappa shape index (κ2) is 5.76. The van der Waals surface area contributed by atoms with Gasteiger partial charge in [-0.2, -0.15) is 5.10 Å². The number of rotatable bonds is 2. The maximum atomic E-state index is 11.5. The Hall–Kier alpha value is -2.50. The van der Waals surface area contributed by atoms with Crippen LogP contribution in [0.5, 0.6) is 5.75 Å². The van der Waals surface area contributed by atoms with Crippen LogP contribution in [-0.2, 0) is 5.60 Å². The standard InChI is InChI=1S/C19H14Cl2N2O3/c1-19(2)15-16(22-23-17(15)18(24)25)12-5-3-9(7-14(12)26-19)11-6-4-10(20)8-13(11)21/h3-8H,1-2H3,(H,22,23)(H,24,25). The molecule has 7 heteroatoms. The number of carboxylic acids is 1. The Morgan fingerprint density at radius 1 is 1.15 bits per heavy atom. The summed E-state index contributed by atoms with van der Waals surface area (Å²) in [6.45, 7) is 3.64. The fourth-order valence-corrected chi connectivity index (χ4v) is 3.81. The van der Waals surface area contributed by atoms with Crippen molar-refractivity contribution in [1.82, 2.24) is 10.2 Å². The van der Waals surface area contributed by atoms with Crippen molar-refractivity contribution in [3.63, 3.8) is 0 Å². The van der Waals surface area contributed by atoms with Gasteiger partial charge in [-0.15, -0.1) is 0 Å². The van der Waals surface area contributed by atoms with Crippen molar-refractivity contribution >= 4 is 29.2 Å². The maximum Gasteiger partial charge on any atom is 0.354 e. The van der Waals surface area contributed by atoms with Gasteiger partial charge in [-0.05, 0) is 43.7 Å². The molecule has 2 aromatic carbocycles. The normalized spacial score (nSPS) is 14.3. The van der Waals surface area contributed by atoms with Crippen molar-refractivity contribution in [3.05, 3.63) is 57.7 Å². The Morgan fingerprint density at radius 3 is 2.58 bits per heavy atom. The summed E-state index contributed by atoms with van der Waals surface area (Å²) in [5.41, 5.74) is 2.76. The lowest BCUT2D eigenvalue weighted by Crippen LogP contribution is -2.30. The number of hydrogen-bond donors (Lipinski definition) is 2. The van der Waals surface area contributed by atoms with Crippen molar-refractivity contribution in [3.8, 4) is 28.1 Å². The van der Waals surface area contributed by atoms with Gasteiger partial charge < -0.3 is 9.84 Å². The third kappa shape index (κ3) is 2.55. The minimum atomic E-state index is -1.07. The van der Waals surface area contributed by atoms with E-state index < -0.39 is 11.6 Å². The summed E-state index contributed by atoms with van der Waals surface area (Å²) in [5.74, 6) is -0.446. The van der Waals surface area contributed by atoms with E-state index in [2.05, 4.69) is 10.2 Å². The van der Waals surface area contributed by atoms with E-state index in [0.717, 1.165) is 16.7 Å². The van der Waals surface area contributed by atoms with Gasteiger partial charge in [-0.3, -0.25) is 5.10 Å². The Bertz CT molecular complexity index is 1060. The van der Waals surface area contributed by atoms with Crippen LogP contribution in [0.2, 0.25) is 10.0 Å². The minimum Gasteiger partial charge on any atom is -0.482 e. The molecule has 5 nitrogen and oxygen atoms in total. The fraction of sp³-hybridized carbons (Fsp3) is 0.158. The summed E-state index contributed by atoms with van der Waals surface area (Å²) in [4.78, 5) is 11.5. The van der Waals surface area contributed by atoms with Gasteiger partial charge in [0.25, 0.3) is 0 Å². The largest absolute Gasteiger partial charge is 0.482 e. The van der Waals surface area contributed by atoms with E-state index in [1.165, 1.54) is 0 Å². The van der Waals surface area contributed by atoms with Gasteiger partial charge in [0.05, 0.1) is 5.56 Å². The molecule has 4 rings (SSSR count). The van der Waals surface area contributed by atoms with Crippen molar-refractivity contribution in [2.75, 3.05) is 0 Å². The van der Waals surface area contributed by atoms with Crippen LogP contribution in [-0.4, -0.2) is 21.3 Å². The number of ether oxygens (including phenoxy) is 1. The number of benzene rings is 2. The predicted molar refractivity (Wildman–Crippen MR) is 100 cm³/mol. The number of hydrogen-bond acceptors (Lipinski definition) is 3. The van der Waals surface area contributed by atoms with Gasteiger partial charge in [0.1, 0.15) is 17.0 Å². The van der Waals surface area contributed by atoms with E-state index in [-0.39, 0.29) is 5.69 Å². The lowest BCUT2D eigenvalue weighted by atomic mass is 9.88. The topological polar surface area (TPSA) is 75.2 Å². The SMILES string of the molecule is CC1(C)Oc2cc(-c3ccc(Cl)cc3Cl)ccc2-c2n[nH]c(C(=O)O)c21. The van der Waals surface area contributed by atoms with Crippen LogP contribution in [0.25, 0.3) is 22.4 Å². The molecule has 0 atom stereocenters. The molecule has 0 bridgehead atoms. The van der Waals surface area contributed by atoms with Crippen LogP contribution in [0.4, 0.5) is 0 Å². The smallest absolute Gasteiger partial charge is 0.354 e. The molecule has 26 heavy (non-hydrogen) atoms. The number of carbonyl (C=O) groups is 1. The van der Waals surface area contributed by atoms with E-state index in [4.69, 9.17) is 27.9 Å². The molecule has 0 fully saturated rings. The lowest BCUT2D eigenvalue weighted by molar-refractivity contribution is 0.0665. The van der Waals surface area contributed by atoms with Gasteiger partial charge in [-0.25, -0.2) is 4.79 Å². The van der Waals surface area contributed by atoms with Gasteiger partial charge in [-0.1, -0.05) is 35.3 Å². The highest BCUT2D eigenvalue weighted by atomic mass is 35.5. The first kappa shape index (κ1) is 16.9. The number of fused-ring (bicyclic) bond motifs is 3. The number of nitrogens with zero attached hydrogens (tertiary/aromatic N) is 1. The second-order valence-electron chi connectivity index (χ2n) is 6.57. The molecule has 1 aromatic heterocycles. The van der Waals surface area contributed by atoms with Crippen molar-refractivity contribution in [2.24, 2.45) is 0 Å². The molecule has 0 aliphatic carbocycles. The highest BCUT2D eigenvalue weighted by Crippen LogP contribution is 2.47. The Kier molecular flexibility index (Phi) is 3.75. The van der Waals surface area contributed by atoms with Crippen LogP contribution < -0.4 is 4.74 Å². The molecule has 0 spiro atoms. The molecule has 0 unspecified atom stereocenters. The zero-order chi connectivity index (χ0) is 18.6. The van der Waals surface area contributed by atoms with Crippen molar-refractivity contribution in [2.45, 2.75) is 19.4 Å². The van der Waals surface area contributed by atoms with Gasteiger partial charge in [0.15, 0.2) is 5.69 Å². The Labute approximate surface area is 159 Å². The maximum absolute atomic E-state index is 11.5. The molecule has 0 saturated heterocycles. The predicted octanol–water partition coefficient (Wildman–Crippen LogP) is 5.38.